The summed E-state index contributed by atoms with van der Waals surface area (Å²) in [5.41, 5.74) is 4.58. The number of fused-ring (bicyclic) bond motifs is 4. The number of hydrogen-bond donors (Lipinski definition) is 3. The van der Waals surface area contributed by atoms with Crippen LogP contribution in [0.25, 0.3) is 33.1 Å². The Morgan fingerprint density at radius 2 is 1.92 bits per heavy atom. The molecule has 0 aliphatic carbocycles. The van der Waals surface area contributed by atoms with E-state index < -0.39 is 0 Å². The van der Waals surface area contributed by atoms with Gasteiger partial charge in [-0.2, -0.15) is 0 Å². The lowest BCUT2D eigenvalue weighted by Crippen LogP contribution is -2.24. The number of aliphatic hydroxyl groups is 1. The minimum Gasteiger partial charge on any atom is -0.396 e. The van der Waals surface area contributed by atoms with Gasteiger partial charge in [0.2, 0.25) is 0 Å². The summed E-state index contributed by atoms with van der Waals surface area (Å²) >= 11 is 0. The zero-order valence-corrected chi connectivity index (χ0v) is 12.9. The van der Waals surface area contributed by atoms with Crippen LogP contribution >= 0.6 is 0 Å². The summed E-state index contributed by atoms with van der Waals surface area (Å²) in [5.74, 6) is -0.159. The lowest BCUT2D eigenvalue weighted by molar-refractivity contribution is 0.0951. The number of nitrogens with zero attached hydrogens (tertiary/aromatic N) is 2. The Labute approximate surface area is 137 Å². The minimum absolute atomic E-state index is 0.0599. The molecular weight excluding hydrogens is 304 g/mol. The number of aromatic amines is 1. The maximum absolute atomic E-state index is 12.2. The molecule has 0 radical (unpaired) electrons. The van der Waals surface area contributed by atoms with Gasteiger partial charge in [-0.3, -0.25) is 4.79 Å². The fourth-order valence-corrected chi connectivity index (χ4v) is 2.78. The Bertz CT molecular complexity index is 1050. The van der Waals surface area contributed by atoms with Crippen molar-refractivity contribution in [2.24, 2.45) is 0 Å². The molecule has 0 unspecified atom stereocenters. The second kappa shape index (κ2) is 5.90. The van der Waals surface area contributed by atoms with Crippen LogP contribution in [-0.4, -0.2) is 39.1 Å². The van der Waals surface area contributed by atoms with Crippen molar-refractivity contribution in [3.63, 3.8) is 0 Å². The van der Waals surface area contributed by atoms with Gasteiger partial charge in [-0.05, 0) is 36.8 Å². The number of rotatable bonds is 4. The number of carbonyl (C=O) groups is 1. The predicted octanol–water partition coefficient (Wildman–Crippen LogP) is 2.38. The third-order valence-corrected chi connectivity index (χ3v) is 3.98. The van der Waals surface area contributed by atoms with Gasteiger partial charge in [-0.25, -0.2) is 9.97 Å². The summed E-state index contributed by atoms with van der Waals surface area (Å²) in [7, 11) is 0. The van der Waals surface area contributed by atoms with Crippen LogP contribution in [0.4, 0.5) is 0 Å². The number of amides is 1. The van der Waals surface area contributed by atoms with Gasteiger partial charge in [0.25, 0.3) is 5.91 Å². The number of carbonyl (C=O) groups excluding carboxylic acids is 1. The molecule has 0 spiro atoms. The van der Waals surface area contributed by atoms with E-state index in [-0.39, 0.29) is 12.5 Å². The molecule has 0 saturated carbocycles. The number of H-pyrrole nitrogens is 1. The Balaban J connectivity index is 1.81. The zero-order chi connectivity index (χ0) is 16.5. The van der Waals surface area contributed by atoms with E-state index in [0.29, 0.717) is 24.2 Å². The number of benzene rings is 2. The summed E-state index contributed by atoms with van der Waals surface area (Å²) in [4.78, 5) is 24.7. The summed E-state index contributed by atoms with van der Waals surface area (Å²) in [6.07, 6.45) is 0.540. The van der Waals surface area contributed by atoms with Crippen LogP contribution in [0.1, 0.15) is 16.8 Å². The molecule has 4 rings (SSSR count). The van der Waals surface area contributed by atoms with Gasteiger partial charge in [0.05, 0.1) is 11.0 Å². The van der Waals surface area contributed by atoms with Crippen LogP contribution in [0.5, 0.6) is 0 Å². The van der Waals surface area contributed by atoms with E-state index in [1.54, 1.807) is 6.07 Å². The third-order valence-electron chi connectivity index (χ3n) is 3.98. The van der Waals surface area contributed by atoms with Crippen LogP contribution < -0.4 is 5.32 Å². The van der Waals surface area contributed by atoms with Gasteiger partial charge >= 0.3 is 0 Å². The van der Waals surface area contributed by atoms with Crippen LogP contribution in [0, 0.1) is 0 Å². The SMILES string of the molecule is O=C(NCCCO)c1ccc2[nH]c3nc4ccccc4nc3c2c1. The van der Waals surface area contributed by atoms with Gasteiger partial charge in [0.1, 0.15) is 5.52 Å². The van der Waals surface area contributed by atoms with E-state index in [1.807, 2.05) is 36.4 Å². The number of aliphatic hydroxyl groups excluding tert-OH is 1. The first-order valence-corrected chi connectivity index (χ1v) is 7.83. The topological polar surface area (TPSA) is 90.9 Å². The number of hydrogen-bond acceptors (Lipinski definition) is 4. The Kier molecular flexibility index (Phi) is 3.59. The molecule has 120 valence electrons. The maximum atomic E-state index is 12.2. The highest BCUT2D eigenvalue weighted by molar-refractivity contribution is 6.08. The molecule has 6 nitrogen and oxygen atoms in total. The van der Waals surface area contributed by atoms with E-state index in [0.717, 1.165) is 27.5 Å². The highest BCUT2D eigenvalue weighted by Gasteiger charge is 2.12. The zero-order valence-electron chi connectivity index (χ0n) is 12.9. The van der Waals surface area contributed by atoms with Gasteiger partial charge in [-0.1, -0.05) is 12.1 Å². The largest absolute Gasteiger partial charge is 0.396 e. The van der Waals surface area contributed by atoms with E-state index >= 15 is 0 Å². The fraction of sp³-hybridized carbons (Fsp3) is 0.167. The minimum atomic E-state index is -0.159. The molecule has 0 atom stereocenters. The molecule has 0 bridgehead atoms. The molecule has 3 N–H and O–H groups in total. The quantitative estimate of drug-likeness (QED) is 0.504. The first-order chi connectivity index (χ1) is 11.8. The van der Waals surface area contributed by atoms with Crippen molar-refractivity contribution in [2.75, 3.05) is 13.2 Å². The third kappa shape index (κ3) is 2.47. The number of aromatic nitrogens is 3. The van der Waals surface area contributed by atoms with Crippen LogP contribution in [0.3, 0.4) is 0 Å². The van der Waals surface area contributed by atoms with Crippen molar-refractivity contribution < 1.29 is 9.90 Å². The molecule has 0 aliphatic heterocycles. The monoisotopic (exact) mass is 320 g/mol. The molecule has 2 aromatic heterocycles. The lowest BCUT2D eigenvalue weighted by Gasteiger charge is -2.04. The molecule has 2 aromatic carbocycles. The molecule has 2 heterocycles. The van der Waals surface area contributed by atoms with E-state index in [1.165, 1.54) is 0 Å². The molecule has 24 heavy (non-hydrogen) atoms. The highest BCUT2D eigenvalue weighted by atomic mass is 16.3. The molecule has 4 aromatic rings. The van der Waals surface area contributed by atoms with Gasteiger partial charge in [-0.15, -0.1) is 0 Å². The second-order valence-corrected chi connectivity index (χ2v) is 5.63. The standard InChI is InChI=1S/C18H16N4O2/c23-9-3-8-19-18(24)11-6-7-13-12(10-11)16-17(21-13)22-15-5-2-1-4-14(15)20-16/h1-2,4-7,10,23H,3,8-9H2,(H,19,24)(H,21,22). The Morgan fingerprint density at radius 1 is 1.12 bits per heavy atom. The van der Waals surface area contributed by atoms with E-state index in [9.17, 15) is 4.79 Å². The lowest BCUT2D eigenvalue weighted by atomic mass is 10.1. The second-order valence-electron chi connectivity index (χ2n) is 5.63. The van der Waals surface area contributed by atoms with Crippen molar-refractivity contribution >= 4 is 39.0 Å². The van der Waals surface area contributed by atoms with Crippen molar-refractivity contribution in [1.29, 1.82) is 0 Å². The highest BCUT2D eigenvalue weighted by Crippen LogP contribution is 2.25. The maximum Gasteiger partial charge on any atom is 0.251 e. The number of para-hydroxylation sites is 2. The van der Waals surface area contributed by atoms with E-state index in [2.05, 4.69) is 20.3 Å². The molecular formula is C18H16N4O2. The summed E-state index contributed by atoms with van der Waals surface area (Å²) in [6.45, 7) is 0.510. The smallest absolute Gasteiger partial charge is 0.251 e. The van der Waals surface area contributed by atoms with Crippen molar-refractivity contribution in [2.45, 2.75) is 6.42 Å². The normalized spacial score (nSPS) is 11.4. The predicted molar refractivity (Wildman–Crippen MR) is 92.9 cm³/mol. The van der Waals surface area contributed by atoms with E-state index in [4.69, 9.17) is 5.11 Å². The summed E-state index contributed by atoms with van der Waals surface area (Å²) in [6, 6.07) is 13.2. The van der Waals surface area contributed by atoms with Gasteiger partial charge < -0.3 is 15.4 Å². The first-order valence-electron chi connectivity index (χ1n) is 7.83. The van der Waals surface area contributed by atoms with Crippen LogP contribution in [0.15, 0.2) is 42.5 Å². The molecule has 0 fully saturated rings. The van der Waals surface area contributed by atoms with Crippen molar-refractivity contribution in [3.05, 3.63) is 48.0 Å². The average Bonchev–Trinajstić information content (AvgIpc) is 2.96. The summed E-state index contributed by atoms with van der Waals surface area (Å²) < 4.78 is 0. The van der Waals surface area contributed by atoms with Crippen LogP contribution in [-0.2, 0) is 0 Å². The van der Waals surface area contributed by atoms with Crippen LogP contribution in [0.2, 0.25) is 0 Å². The van der Waals surface area contributed by atoms with Gasteiger partial charge in [0.15, 0.2) is 5.65 Å². The Hall–Kier alpha value is -2.99. The van der Waals surface area contributed by atoms with Crippen molar-refractivity contribution in [1.82, 2.24) is 20.3 Å². The average molecular weight is 320 g/mol. The first kappa shape index (κ1) is 14.6. The fourth-order valence-electron chi connectivity index (χ4n) is 2.78. The molecule has 0 saturated heterocycles. The molecule has 0 aliphatic rings. The van der Waals surface area contributed by atoms with Crippen molar-refractivity contribution in [3.8, 4) is 0 Å². The summed E-state index contributed by atoms with van der Waals surface area (Å²) in [5, 5.41) is 12.5. The van der Waals surface area contributed by atoms with Gasteiger partial charge in [0, 0.05) is 29.6 Å². The number of nitrogens with one attached hydrogen (secondary N) is 2. The molecule has 1 amide bonds. The Morgan fingerprint density at radius 3 is 2.71 bits per heavy atom. The molecule has 6 heteroatoms.